The van der Waals surface area contributed by atoms with Crippen molar-refractivity contribution in [1.82, 2.24) is 14.5 Å². The molecular weight excluding hydrogens is 595 g/mol. The maximum Gasteiger partial charge on any atom is 0.291 e. The molecule has 2 N–H and O–H groups in total. The van der Waals surface area contributed by atoms with Crippen LogP contribution in [0.2, 0.25) is 10.0 Å². The highest BCUT2D eigenvalue weighted by atomic mass is 35.5. The van der Waals surface area contributed by atoms with Crippen molar-refractivity contribution in [3.63, 3.8) is 0 Å². The second-order valence-corrected chi connectivity index (χ2v) is 12.5. The van der Waals surface area contributed by atoms with Gasteiger partial charge in [-0.25, -0.2) is 9.97 Å². The number of rotatable bonds is 7. The SMILES string of the molecule is CCCC1CCCc2nc(C(=O)Nc3cccc(-c4cccc(-c5nc6cc(CO)cc(Cl)c6o5)c4C)c3Cl)n(C)c2CC1. The summed E-state index contributed by atoms with van der Waals surface area (Å²) < 4.78 is 8.03. The van der Waals surface area contributed by atoms with Gasteiger partial charge in [-0.2, -0.15) is 0 Å². The normalized spacial score (nSPS) is 15.2. The molecule has 9 heteroatoms. The molecule has 0 aliphatic heterocycles. The number of nitrogens with one attached hydrogen (secondary N) is 1. The highest BCUT2D eigenvalue weighted by molar-refractivity contribution is 6.36. The number of benzene rings is 3. The standard InChI is InChI=1S/C35H36Cl2N4O3/c1-4-8-21-9-5-13-27-30(16-15-21)41(3)33(38-27)34(43)39-28-14-7-12-25(31(28)37)23-10-6-11-24(20(23)2)35-40-29-18-22(19-42)17-26(36)32(29)44-35/h6-7,10-12,14,17-18,21,42H,4-5,8-9,13,15-16,19H2,1-3H3,(H,39,43). The number of anilines is 1. The van der Waals surface area contributed by atoms with Gasteiger partial charge in [0, 0.05) is 23.9 Å². The summed E-state index contributed by atoms with van der Waals surface area (Å²) in [5.41, 5.74) is 7.78. The summed E-state index contributed by atoms with van der Waals surface area (Å²) >= 11 is 13.4. The molecule has 0 fully saturated rings. The van der Waals surface area contributed by atoms with Gasteiger partial charge in [0.2, 0.25) is 5.89 Å². The number of amides is 1. The largest absolute Gasteiger partial charge is 0.434 e. The smallest absolute Gasteiger partial charge is 0.291 e. The first kappa shape index (κ1) is 30.4. The number of carbonyl (C=O) groups excluding carboxylic acids is 1. The van der Waals surface area contributed by atoms with Crippen LogP contribution in [0.1, 0.15) is 72.2 Å². The summed E-state index contributed by atoms with van der Waals surface area (Å²) in [7, 11) is 1.94. The van der Waals surface area contributed by atoms with Crippen LogP contribution in [0.15, 0.2) is 52.9 Å². The van der Waals surface area contributed by atoms with E-state index < -0.39 is 0 Å². The third-order valence-corrected chi connectivity index (χ3v) is 9.49. The first-order valence-electron chi connectivity index (χ1n) is 15.2. The van der Waals surface area contributed by atoms with E-state index in [1.54, 1.807) is 18.2 Å². The predicted molar refractivity (Wildman–Crippen MR) is 176 cm³/mol. The van der Waals surface area contributed by atoms with E-state index >= 15 is 0 Å². The van der Waals surface area contributed by atoms with E-state index in [0.29, 0.717) is 44.1 Å². The average molecular weight is 632 g/mol. The van der Waals surface area contributed by atoms with Gasteiger partial charge in [-0.1, -0.05) is 73.7 Å². The minimum Gasteiger partial charge on any atom is -0.434 e. The third kappa shape index (κ3) is 5.76. The molecule has 2 aromatic heterocycles. The molecule has 1 aliphatic carbocycles. The van der Waals surface area contributed by atoms with Gasteiger partial charge in [-0.15, -0.1) is 0 Å². The van der Waals surface area contributed by atoms with E-state index in [1.165, 1.54) is 19.3 Å². The summed E-state index contributed by atoms with van der Waals surface area (Å²) in [5.74, 6) is 1.29. The monoisotopic (exact) mass is 630 g/mol. The Labute approximate surface area is 267 Å². The van der Waals surface area contributed by atoms with Gasteiger partial charge in [-0.3, -0.25) is 4.79 Å². The van der Waals surface area contributed by atoms with E-state index in [2.05, 4.69) is 17.2 Å². The summed E-state index contributed by atoms with van der Waals surface area (Å²) in [6, 6.07) is 14.9. The lowest BCUT2D eigenvalue weighted by molar-refractivity contribution is 0.101. The van der Waals surface area contributed by atoms with E-state index in [4.69, 9.17) is 32.6 Å². The number of imidazole rings is 1. The van der Waals surface area contributed by atoms with Gasteiger partial charge in [-0.05, 0) is 79.5 Å². The topological polar surface area (TPSA) is 93.2 Å². The van der Waals surface area contributed by atoms with Gasteiger partial charge >= 0.3 is 0 Å². The molecule has 1 aliphatic rings. The Morgan fingerprint density at radius 2 is 1.84 bits per heavy atom. The lowest BCUT2D eigenvalue weighted by Gasteiger charge is -2.19. The van der Waals surface area contributed by atoms with Crippen LogP contribution in [-0.4, -0.2) is 25.5 Å². The zero-order chi connectivity index (χ0) is 31.0. The van der Waals surface area contributed by atoms with Gasteiger partial charge in [0.15, 0.2) is 11.4 Å². The Kier molecular flexibility index (Phi) is 8.81. The van der Waals surface area contributed by atoms with Crippen molar-refractivity contribution in [1.29, 1.82) is 0 Å². The molecule has 0 radical (unpaired) electrons. The maximum absolute atomic E-state index is 13.6. The molecule has 5 aromatic rings. The Hall–Kier alpha value is -3.65. The first-order valence-corrected chi connectivity index (χ1v) is 16.0. The van der Waals surface area contributed by atoms with Gasteiger partial charge in [0.1, 0.15) is 5.52 Å². The molecule has 0 bridgehead atoms. The van der Waals surface area contributed by atoms with E-state index in [0.717, 1.165) is 65.2 Å². The van der Waals surface area contributed by atoms with Crippen molar-refractivity contribution >= 4 is 45.9 Å². The number of oxazole rings is 1. The summed E-state index contributed by atoms with van der Waals surface area (Å²) in [6.07, 6.45) is 7.76. The Morgan fingerprint density at radius 1 is 1.07 bits per heavy atom. The fourth-order valence-corrected chi connectivity index (χ4v) is 7.02. The minimum atomic E-state index is -0.278. The average Bonchev–Trinajstić information content (AvgIpc) is 3.56. The van der Waals surface area contributed by atoms with Crippen LogP contribution in [0.3, 0.4) is 0 Å². The number of nitrogens with zero attached hydrogens (tertiary/aromatic N) is 3. The third-order valence-electron chi connectivity index (χ3n) is 8.80. The summed E-state index contributed by atoms with van der Waals surface area (Å²) in [5, 5.41) is 13.4. The number of halogens is 2. The van der Waals surface area contributed by atoms with E-state index in [-0.39, 0.29) is 12.5 Å². The van der Waals surface area contributed by atoms with Crippen molar-refractivity contribution in [2.24, 2.45) is 13.0 Å². The second-order valence-electron chi connectivity index (χ2n) is 11.7. The number of aryl methyl sites for hydroxylation is 1. The van der Waals surface area contributed by atoms with E-state index in [1.807, 2.05) is 48.9 Å². The number of hydrogen-bond acceptors (Lipinski definition) is 5. The summed E-state index contributed by atoms with van der Waals surface area (Å²) in [4.78, 5) is 23.0. The fourth-order valence-electron chi connectivity index (χ4n) is 6.47. The van der Waals surface area contributed by atoms with E-state index in [9.17, 15) is 9.90 Å². The van der Waals surface area contributed by atoms with Crippen LogP contribution < -0.4 is 5.32 Å². The number of carbonyl (C=O) groups is 1. The molecular formula is C35H36Cl2N4O3. The van der Waals surface area contributed by atoms with Crippen LogP contribution in [0.5, 0.6) is 0 Å². The van der Waals surface area contributed by atoms with Crippen molar-refractivity contribution in [3.05, 3.63) is 86.9 Å². The zero-order valence-electron chi connectivity index (χ0n) is 25.2. The Balaban J connectivity index is 1.29. The maximum atomic E-state index is 13.6. The molecule has 44 heavy (non-hydrogen) atoms. The van der Waals surface area contributed by atoms with Gasteiger partial charge < -0.3 is 19.4 Å². The van der Waals surface area contributed by atoms with Gasteiger partial charge in [0.05, 0.1) is 28.0 Å². The predicted octanol–water partition coefficient (Wildman–Crippen LogP) is 8.94. The molecule has 228 valence electrons. The molecule has 0 saturated heterocycles. The fraction of sp³-hybridized carbons (Fsp3) is 0.343. The molecule has 3 aromatic carbocycles. The van der Waals surface area contributed by atoms with Crippen LogP contribution >= 0.6 is 23.2 Å². The molecule has 2 heterocycles. The molecule has 1 unspecified atom stereocenters. The van der Waals surface area contributed by atoms with Crippen LogP contribution in [0.4, 0.5) is 5.69 Å². The van der Waals surface area contributed by atoms with Crippen molar-refractivity contribution in [3.8, 4) is 22.6 Å². The highest BCUT2D eigenvalue weighted by Crippen LogP contribution is 2.40. The van der Waals surface area contributed by atoms with Crippen LogP contribution in [0, 0.1) is 12.8 Å². The van der Waals surface area contributed by atoms with Crippen LogP contribution in [0.25, 0.3) is 33.7 Å². The Bertz CT molecular complexity index is 1860. The molecule has 0 saturated carbocycles. The first-order chi connectivity index (χ1) is 21.3. The lowest BCUT2D eigenvalue weighted by atomic mass is 9.88. The second kappa shape index (κ2) is 12.8. The molecule has 6 rings (SSSR count). The van der Waals surface area contributed by atoms with Crippen LogP contribution in [-0.2, 0) is 26.5 Å². The van der Waals surface area contributed by atoms with Crippen molar-refractivity contribution < 1.29 is 14.3 Å². The van der Waals surface area contributed by atoms with Crippen molar-refractivity contribution in [2.45, 2.75) is 65.4 Å². The number of aromatic nitrogens is 3. The molecule has 1 atom stereocenters. The highest BCUT2D eigenvalue weighted by Gasteiger charge is 2.24. The zero-order valence-corrected chi connectivity index (χ0v) is 26.7. The minimum absolute atomic E-state index is 0.139. The number of aliphatic hydroxyl groups is 1. The number of aliphatic hydroxyl groups excluding tert-OH is 1. The number of fused-ring (bicyclic) bond motifs is 2. The Morgan fingerprint density at radius 3 is 2.64 bits per heavy atom. The van der Waals surface area contributed by atoms with Crippen molar-refractivity contribution in [2.75, 3.05) is 5.32 Å². The number of hydrogen-bond donors (Lipinski definition) is 2. The molecule has 1 amide bonds. The molecule has 7 nitrogen and oxygen atoms in total. The molecule has 0 spiro atoms. The lowest BCUT2D eigenvalue weighted by Crippen LogP contribution is -2.18. The summed E-state index contributed by atoms with van der Waals surface area (Å²) in [6.45, 7) is 4.09. The van der Waals surface area contributed by atoms with Gasteiger partial charge in [0.25, 0.3) is 5.91 Å². The quantitative estimate of drug-likeness (QED) is 0.187.